The minimum Gasteiger partial charge on any atom is -0.381 e. The summed E-state index contributed by atoms with van der Waals surface area (Å²) in [5, 5.41) is 15.5. The molecule has 1 aliphatic heterocycles. The van der Waals surface area contributed by atoms with Crippen LogP contribution in [-0.2, 0) is 45.2 Å². The lowest BCUT2D eigenvalue weighted by Crippen LogP contribution is -2.42. The van der Waals surface area contributed by atoms with E-state index >= 15 is 0 Å². The molecule has 4 aromatic rings. The van der Waals surface area contributed by atoms with Gasteiger partial charge in [0, 0.05) is 50.1 Å². The monoisotopic (exact) mass is 638 g/mol. The zero-order valence-corrected chi connectivity index (χ0v) is 27.9. The number of nitrogens with zero attached hydrogens (tertiary/aromatic N) is 3. The standard InChI is InChI=1S/C36H44N6O3.CH2O/c1-5-31-29(32(40-27-12-16-45-17-13-27)30-22-39-42(6-2)33(30)41-31)21-38-35(44)36(14-15-36)34(43)37-20-25-11-10-24(4)28(19-25)26-9-7-8-23(3)18-26;1-2/h7-11,18-19,22,27H,5-6,12-17,20-21H2,1-4H3,(H,37,43)(H,38,44)(H,40,41);1H2. The Kier molecular flexibility index (Phi) is 10.7. The highest BCUT2D eigenvalue weighted by molar-refractivity contribution is 6.08. The van der Waals surface area contributed by atoms with Crippen molar-refractivity contribution in [2.75, 3.05) is 18.5 Å². The molecule has 10 nitrogen and oxygen atoms in total. The summed E-state index contributed by atoms with van der Waals surface area (Å²) in [7, 11) is 0. The minimum absolute atomic E-state index is 0.216. The Morgan fingerprint density at radius 2 is 1.72 bits per heavy atom. The number of fused-ring (bicyclic) bond motifs is 1. The number of benzene rings is 2. The SMILES string of the molecule is C=O.CCc1nc2c(cnn2CC)c(NC2CCOCC2)c1CNC(=O)C1(C(=O)NCc2ccc(C)c(-c3cccc(C)c3)c2)CC1. The van der Waals surface area contributed by atoms with Crippen molar-refractivity contribution < 1.29 is 19.1 Å². The molecule has 1 saturated heterocycles. The van der Waals surface area contributed by atoms with Gasteiger partial charge in [0.25, 0.3) is 0 Å². The fourth-order valence-electron chi connectivity index (χ4n) is 6.37. The summed E-state index contributed by atoms with van der Waals surface area (Å²) >= 11 is 0. The average molecular weight is 639 g/mol. The van der Waals surface area contributed by atoms with Gasteiger partial charge in [0.2, 0.25) is 11.8 Å². The molecule has 47 heavy (non-hydrogen) atoms. The molecule has 2 aromatic heterocycles. The summed E-state index contributed by atoms with van der Waals surface area (Å²) in [4.78, 5) is 40.1. The van der Waals surface area contributed by atoms with Crippen molar-refractivity contribution in [3.05, 3.63) is 76.6 Å². The van der Waals surface area contributed by atoms with E-state index in [2.05, 4.69) is 85.1 Å². The first-order chi connectivity index (χ1) is 22.8. The third-order valence-electron chi connectivity index (χ3n) is 9.31. The summed E-state index contributed by atoms with van der Waals surface area (Å²) < 4.78 is 7.50. The van der Waals surface area contributed by atoms with Crippen molar-refractivity contribution in [2.24, 2.45) is 5.41 Å². The number of amides is 2. The molecular formula is C37H46N6O4. The Morgan fingerprint density at radius 3 is 2.38 bits per heavy atom. The van der Waals surface area contributed by atoms with Crippen LogP contribution >= 0.6 is 0 Å². The molecule has 0 spiro atoms. The van der Waals surface area contributed by atoms with Crippen molar-refractivity contribution in [3.8, 4) is 11.1 Å². The molecule has 6 rings (SSSR count). The van der Waals surface area contributed by atoms with Crippen molar-refractivity contribution in [1.29, 1.82) is 0 Å². The molecule has 0 unspecified atom stereocenters. The molecule has 1 aliphatic carbocycles. The normalized spacial score (nSPS) is 15.4. The fraction of sp³-hybridized carbons (Fsp3) is 0.432. The van der Waals surface area contributed by atoms with E-state index in [1.807, 2.05) is 23.7 Å². The third-order valence-corrected chi connectivity index (χ3v) is 9.31. The van der Waals surface area contributed by atoms with Crippen molar-refractivity contribution >= 4 is 35.3 Å². The third kappa shape index (κ3) is 7.22. The highest BCUT2D eigenvalue weighted by Gasteiger charge is 2.56. The Labute approximate surface area is 276 Å². The van der Waals surface area contributed by atoms with E-state index in [0.29, 0.717) is 32.4 Å². The fourth-order valence-corrected chi connectivity index (χ4v) is 6.37. The van der Waals surface area contributed by atoms with E-state index in [1.165, 1.54) is 11.1 Å². The molecule has 2 fully saturated rings. The number of hydrogen-bond donors (Lipinski definition) is 3. The molecular weight excluding hydrogens is 592 g/mol. The smallest absolute Gasteiger partial charge is 0.235 e. The Balaban J connectivity index is 0.00000213. The van der Waals surface area contributed by atoms with Gasteiger partial charge in [0.1, 0.15) is 12.2 Å². The summed E-state index contributed by atoms with van der Waals surface area (Å²) in [6.07, 6.45) is 5.49. The van der Waals surface area contributed by atoms with Crippen molar-refractivity contribution in [1.82, 2.24) is 25.4 Å². The number of anilines is 1. The zero-order chi connectivity index (χ0) is 33.6. The highest BCUT2D eigenvalue weighted by atomic mass is 16.5. The van der Waals surface area contributed by atoms with Gasteiger partial charge >= 0.3 is 0 Å². The van der Waals surface area contributed by atoms with Crippen molar-refractivity contribution in [3.63, 3.8) is 0 Å². The van der Waals surface area contributed by atoms with Crippen LogP contribution in [0.4, 0.5) is 5.69 Å². The molecule has 3 N–H and O–H groups in total. The second-order valence-electron chi connectivity index (χ2n) is 12.5. The van der Waals surface area contributed by atoms with Crippen LogP contribution < -0.4 is 16.0 Å². The highest BCUT2D eigenvalue weighted by Crippen LogP contribution is 2.46. The van der Waals surface area contributed by atoms with Crippen LogP contribution in [0.25, 0.3) is 22.2 Å². The molecule has 1 saturated carbocycles. The van der Waals surface area contributed by atoms with E-state index in [1.54, 1.807) is 0 Å². The first-order valence-electron chi connectivity index (χ1n) is 16.6. The number of rotatable bonds is 11. The predicted octanol–water partition coefficient (Wildman–Crippen LogP) is 5.42. The molecule has 10 heteroatoms. The lowest BCUT2D eigenvalue weighted by atomic mass is 9.97. The lowest BCUT2D eigenvalue weighted by Gasteiger charge is -2.27. The number of aryl methyl sites for hydroxylation is 4. The summed E-state index contributed by atoms with van der Waals surface area (Å²) in [6, 6.07) is 15.0. The maximum Gasteiger partial charge on any atom is 0.235 e. The number of carbonyl (C=O) groups is 3. The topological polar surface area (TPSA) is 127 Å². The number of aromatic nitrogens is 3. The molecule has 3 heterocycles. The molecule has 248 valence electrons. The van der Waals surface area contributed by atoms with Gasteiger partial charge in [0.05, 0.1) is 17.3 Å². The van der Waals surface area contributed by atoms with E-state index in [9.17, 15) is 9.59 Å². The summed E-state index contributed by atoms with van der Waals surface area (Å²) in [5.41, 5.74) is 8.37. The first-order valence-corrected chi connectivity index (χ1v) is 16.6. The maximum absolute atomic E-state index is 13.6. The van der Waals surface area contributed by atoms with E-state index in [-0.39, 0.29) is 17.9 Å². The molecule has 0 radical (unpaired) electrons. The van der Waals surface area contributed by atoms with Crippen LogP contribution in [0.3, 0.4) is 0 Å². The molecule has 2 aromatic carbocycles. The summed E-state index contributed by atoms with van der Waals surface area (Å²) in [6.45, 7) is 13.2. The summed E-state index contributed by atoms with van der Waals surface area (Å²) in [5.74, 6) is -0.445. The zero-order valence-electron chi connectivity index (χ0n) is 27.9. The minimum atomic E-state index is -1.03. The van der Waals surface area contributed by atoms with Gasteiger partial charge in [-0.25, -0.2) is 9.67 Å². The number of carbonyl (C=O) groups excluding carboxylic acids is 3. The average Bonchev–Trinajstić information content (AvgIpc) is 3.82. The molecule has 0 bridgehead atoms. The van der Waals surface area contributed by atoms with E-state index < -0.39 is 5.41 Å². The van der Waals surface area contributed by atoms with Crippen molar-refractivity contribution in [2.45, 2.75) is 85.5 Å². The predicted molar refractivity (Wildman–Crippen MR) is 184 cm³/mol. The molecule has 2 aliphatic rings. The molecule has 0 atom stereocenters. The van der Waals surface area contributed by atoms with Gasteiger partial charge < -0.3 is 25.5 Å². The molecule has 2 amide bonds. The van der Waals surface area contributed by atoms with Crippen LogP contribution in [0.1, 0.15) is 67.5 Å². The van der Waals surface area contributed by atoms with Gasteiger partial charge in [-0.3, -0.25) is 9.59 Å². The van der Waals surface area contributed by atoms with Crippen LogP contribution in [-0.4, -0.2) is 52.6 Å². The Hall–Kier alpha value is -4.57. The van der Waals surface area contributed by atoms with Crippen LogP contribution in [0.5, 0.6) is 0 Å². The van der Waals surface area contributed by atoms with Crippen LogP contribution in [0.2, 0.25) is 0 Å². The second kappa shape index (κ2) is 14.9. The quantitative estimate of drug-likeness (QED) is 0.187. The number of hydrogen-bond acceptors (Lipinski definition) is 7. The van der Waals surface area contributed by atoms with E-state index in [4.69, 9.17) is 14.5 Å². The first kappa shape index (κ1) is 33.8. The van der Waals surface area contributed by atoms with E-state index in [0.717, 1.165) is 77.3 Å². The number of pyridine rings is 1. The maximum atomic E-state index is 13.6. The number of nitrogens with one attached hydrogen (secondary N) is 3. The van der Waals surface area contributed by atoms with Gasteiger partial charge in [-0.1, -0.05) is 48.9 Å². The van der Waals surface area contributed by atoms with Gasteiger partial charge in [0.15, 0.2) is 5.65 Å². The number of ether oxygens (including phenoxy) is 1. The Bertz CT molecular complexity index is 1740. The lowest BCUT2D eigenvalue weighted by molar-refractivity contribution is -0.137. The Morgan fingerprint density at radius 1 is 1.00 bits per heavy atom. The largest absolute Gasteiger partial charge is 0.381 e. The second-order valence-corrected chi connectivity index (χ2v) is 12.5. The van der Waals surface area contributed by atoms with Crippen LogP contribution in [0, 0.1) is 19.3 Å². The van der Waals surface area contributed by atoms with Gasteiger partial charge in [-0.15, -0.1) is 0 Å². The van der Waals surface area contributed by atoms with Gasteiger partial charge in [-0.2, -0.15) is 5.10 Å². The van der Waals surface area contributed by atoms with Gasteiger partial charge in [-0.05, 0) is 81.2 Å². The van der Waals surface area contributed by atoms with Crippen LogP contribution in [0.15, 0.2) is 48.7 Å².